The zero-order valence-corrected chi connectivity index (χ0v) is 16.3. The Morgan fingerprint density at radius 1 is 1.04 bits per heavy atom. The van der Waals surface area contributed by atoms with Crippen LogP contribution in [0.1, 0.15) is 25.3 Å². The van der Waals surface area contributed by atoms with Gasteiger partial charge in [0, 0.05) is 34.8 Å². The average Bonchev–Trinajstić information content (AvgIpc) is 2.70. The van der Waals surface area contributed by atoms with Crippen LogP contribution in [0.5, 0.6) is 0 Å². The molecule has 3 aromatic rings. The number of aromatic nitrogens is 1. The Kier molecular flexibility index (Phi) is 7.06. The molecule has 2 N–H and O–H groups in total. The highest BCUT2D eigenvalue weighted by molar-refractivity contribution is 7.97. The van der Waals surface area contributed by atoms with Crippen molar-refractivity contribution in [3.63, 3.8) is 0 Å². The van der Waals surface area contributed by atoms with E-state index in [1.807, 2.05) is 12.4 Å². The molecule has 0 aliphatic carbocycles. The van der Waals surface area contributed by atoms with Crippen LogP contribution in [0.3, 0.4) is 0 Å². The Balaban J connectivity index is 1.47. The summed E-state index contributed by atoms with van der Waals surface area (Å²) < 4.78 is 3.59. The Labute approximate surface area is 160 Å². The Morgan fingerprint density at radius 2 is 1.88 bits per heavy atom. The molecule has 3 rings (SSSR count). The molecule has 26 heavy (non-hydrogen) atoms. The van der Waals surface area contributed by atoms with Gasteiger partial charge in [0.25, 0.3) is 0 Å². The highest BCUT2D eigenvalue weighted by Gasteiger charge is 2.12. The van der Waals surface area contributed by atoms with Gasteiger partial charge in [-0.25, -0.2) is 0 Å². The molecule has 1 unspecified atom stereocenters. The van der Waals surface area contributed by atoms with E-state index in [4.69, 9.17) is 0 Å². The van der Waals surface area contributed by atoms with E-state index in [-0.39, 0.29) is 0 Å². The summed E-state index contributed by atoms with van der Waals surface area (Å²) in [5.74, 6) is 0. The van der Waals surface area contributed by atoms with Gasteiger partial charge in [0.05, 0.1) is 0 Å². The van der Waals surface area contributed by atoms with E-state index < -0.39 is 0 Å². The molecular weight excluding hydrogens is 338 g/mol. The van der Waals surface area contributed by atoms with Gasteiger partial charge in [-0.3, -0.25) is 9.71 Å². The van der Waals surface area contributed by atoms with Crippen LogP contribution in [0.4, 0.5) is 0 Å². The van der Waals surface area contributed by atoms with Crippen LogP contribution in [-0.4, -0.2) is 24.1 Å². The number of aryl methyl sites for hydroxylation is 1. The van der Waals surface area contributed by atoms with Crippen molar-refractivity contribution < 1.29 is 0 Å². The molecule has 0 saturated carbocycles. The quantitative estimate of drug-likeness (QED) is 0.533. The molecule has 0 bridgehead atoms. The lowest BCUT2D eigenvalue weighted by Gasteiger charge is -2.21. The topological polar surface area (TPSA) is 37.0 Å². The third-order valence-electron chi connectivity index (χ3n) is 4.66. The van der Waals surface area contributed by atoms with Gasteiger partial charge in [-0.05, 0) is 74.3 Å². The molecule has 136 valence electrons. The van der Waals surface area contributed by atoms with E-state index in [0.29, 0.717) is 12.1 Å². The van der Waals surface area contributed by atoms with Gasteiger partial charge >= 0.3 is 0 Å². The summed E-state index contributed by atoms with van der Waals surface area (Å²) in [5, 5.41) is 5.88. The minimum absolute atomic E-state index is 0.432. The predicted molar refractivity (Wildman–Crippen MR) is 112 cm³/mol. The van der Waals surface area contributed by atoms with Gasteiger partial charge in [-0.15, -0.1) is 0 Å². The monoisotopic (exact) mass is 365 g/mol. The molecule has 1 aromatic heterocycles. The number of benzene rings is 2. The van der Waals surface area contributed by atoms with E-state index in [0.717, 1.165) is 19.3 Å². The first kappa shape index (κ1) is 18.9. The number of fused-ring (bicyclic) bond motifs is 1. The molecule has 0 aliphatic rings. The summed E-state index contributed by atoms with van der Waals surface area (Å²) in [7, 11) is 2.06. The summed E-state index contributed by atoms with van der Waals surface area (Å²) >= 11 is 1.71. The third-order valence-corrected chi connectivity index (χ3v) is 5.67. The molecule has 0 saturated heterocycles. The molecule has 1 heterocycles. The normalized spacial score (nSPS) is 13.6. The second-order valence-electron chi connectivity index (χ2n) is 6.75. The fourth-order valence-electron chi connectivity index (χ4n) is 3.13. The maximum Gasteiger partial charge on any atom is 0.0346 e. The van der Waals surface area contributed by atoms with Crippen molar-refractivity contribution in [1.82, 2.24) is 15.0 Å². The zero-order chi connectivity index (χ0) is 18.2. The standard InChI is InChI=1S/C22H27N3S/c1-17(14-21(23-2)10-8-18-6-4-3-5-7-18)25-26-22-11-9-20-16-24-13-12-19(20)15-22/h3-7,9,11-13,15-17,21,23,25H,8,10,14H2,1-2H3/t17-,21?/m1/s1. The Morgan fingerprint density at radius 3 is 2.69 bits per heavy atom. The minimum atomic E-state index is 0.432. The zero-order valence-electron chi connectivity index (χ0n) is 15.5. The van der Waals surface area contributed by atoms with Gasteiger partial charge in [0.1, 0.15) is 0 Å². The molecule has 0 radical (unpaired) electrons. The fraction of sp³-hybridized carbons (Fsp3) is 0.318. The number of hydrogen-bond donors (Lipinski definition) is 2. The van der Waals surface area contributed by atoms with Gasteiger partial charge in [0.2, 0.25) is 0 Å². The van der Waals surface area contributed by atoms with Crippen LogP contribution in [0.15, 0.2) is 71.9 Å². The Hall–Kier alpha value is -1.88. The molecule has 0 amide bonds. The molecule has 3 nitrogen and oxygen atoms in total. The summed E-state index contributed by atoms with van der Waals surface area (Å²) in [4.78, 5) is 5.41. The number of rotatable bonds is 9. The first-order valence-corrected chi connectivity index (χ1v) is 10.0. The SMILES string of the molecule is CNC(CCc1ccccc1)C[C@@H](C)NSc1ccc2cnccc2c1. The number of pyridine rings is 1. The molecule has 2 aromatic carbocycles. The number of nitrogens with one attached hydrogen (secondary N) is 2. The van der Waals surface area contributed by atoms with E-state index >= 15 is 0 Å². The highest BCUT2D eigenvalue weighted by Crippen LogP contribution is 2.22. The van der Waals surface area contributed by atoms with E-state index in [2.05, 4.69) is 83.6 Å². The van der Waals surface area contributed by atoms with Crippen molar-refractivity contribution in [1.29, 1.82) is 0 Å². The maximum absolute atomic E-state index is 4.17. The van der Waals surface area contributed by atoms with Gasteiger partial charge in [0.15, 0.2) is 0 Å². The lowest BCUT2D eigenvalue weighted by molar-refractivity contribution is 0.444. The number of hydrogen-bond acceptors (Lipinski definition) is 4. The average molecular weight is 366 g/mol. The summed E-state index contributed by atoms with van der Waals surface area (Å²) in [6, 6.07) is 20.2. The van der Waals surface area contributed by atoms with Gasteiger partial charge in [-0.2, -0.15) is 0 Å². The van der Waals surface area contributed by atoms with Crippen molar-refractivity contribution in [3.8, 4) is 0 Å². The fourth-order valence-corrected chi connectivity index (χ4v) is 3.89. The van der Waals surface area contributed by atoms with Crippen molar-refractivity contribution in [2.75, 3.05) is 7.05 Å². The van der Waals surface area contributed by atoms with Gasteiger partial charge < -0.3 is 5.32 Å². The highest BCUT2D eigenvalue weighted by atomic mass is 32.2. The van der Waals surface area contributed by atoms with Crippen LogP contribution >= 0.6 is 11.9 Å². The second-order valence-corrected chi connectivity index (χ2v) is 7.66. The summed E-state index contributed by atoms with van der Waals surface area (Å²) in [5.41, 5.74) is 1.41. The molecule has 4 heteroatoms. The van der Waals surface area contributed by atoms with E-state index in [9.17, 15) is 0 Å². The summed E-state index contributed by atoms with van der Waals surface area (Å²) in [6.07, 6.45) is 7.13. The molecule has 0 aliphatic heterocycles. The lowest BCUT2D eigenvalue weighted by Crippen LogP contribution is -2.33. The maximum atomic E-state index is 4.17. The van der Waals surface area contributed by atoms with Crippen LogP contribution in [0.2, 0.25) is 0 Å². The van der Waals surface area contributed by atoms with Crippen molar-refractivity contribution >= 4 is 22.7 Å². The van der Waals surface area contributed by atoms with Crippen LogP contribution in [-0.2, 0) is 6.42 Å². The van der Waals surface area contributed by atoms with Crippen LogP contribution in [0.25, 0.3) is 10.8 Å². The summed E-state index contributed by atoms with van der Waals surface area (Å²) in [6.45, 7) is 2.25. The molecular formula is C22H27N3S. The van der Waals surface area contributed by atoms with Gasteiger partial charge in [-0.1, -0.05) is 36.4 Å². The minimum Gasteiger partial charge on any atom is -0.317 e. The number of nitrogens with zero attached hydrogens (tertiary/aromatic N) is 1. The second kappa shape index (κ2) is 9.72. The molecule has 2 atom stereocenters. The smallest absolute Gasteiger partial charge is 0.0346 e. The van der Waals surface area contributed by atoms with Crippen molar-refractivity contribution in [2.24, 2.45) is 0 Å². The Bertz CT molecular complexity index is 807. The van der Waals surface area contributed by atoms with Crippen molar-refractivity contribution in [2.45, 2.75) is 43.2 Å². The van der Waals surface area contributed by atoms with Crippen molar-refractivity contribution in [3.05, 3.63) is 72.6 Å². The molecule has 0 fully saturated rings. The van der Waals surface area contributed by atoms with Crippen LogP contribution < -0.4 is 10.0 Å². The van der Waals surface area contributed by atoms with Crippen LogP contribution in [0, 0.1) is 0 Å². The lowest BCUT2D eigenvalue weighted by atomic mass is 10.0. The largest absolute Gasteiger partial charge is 0.317 e. The molecule has 0 spiro atoms. The van der Waals surface area contributed by atoms with E-state index in [1.54, 1.807) is 11.9 Å². The first-order chi connectivity index (χ1) is 12.7. The predicted octanol–water partition coefficient (Wildman–Crippen LogP) is 4.83. The van der Waals surface area contributed by atoms with E-state index in [1.165, 1.54) is 21.2 Å². The third kappa shape index (κ3) is 5.56. The first-order valence-electron chi connectivity index (χ1n) is 9.22.